The second-order valence-electron chi connectivity index (χ2n) is 3.67. The van der Waals surface area contributed by atoms with Crippen molar-refractivity contribution in [3.8, 4) is 5.75 Å². The number of aliphatic hydroxyl groups excluding tert-OH is 1. The van der Waals surface area contributed by atoms with Gasteiger partial charge in [-0.05, 0) is 25.5 Å². The van der Waals surface area contributed by atoms with Crippen molar-refractivity contribution >= 4 is 0 Å². The second kappa shape index (κ2) is 8.13. The molecule has 16 heavy (non-hydrogen) atoms. The quantitative estimate of drug-likeness (QED) is 0.662. The van der Waals surface area contributed by atoms with E-state index in [1.54, 1.807) is 0 Å². The number of unbranched alkanes of at least 4 members (excludes halogenated alkanes) is 1. The van der Waals surface area contributed by atoms with E-state index in [0.29, 0.717) is 6.61 Å². The Balaban J connectivity index is 2.43. The number of ether oxygens (including phenoxy) is 1. The van der Waals surface area contributed by atoms with Crippen LogP contribution in [0.4, 0.5) is 0 Å². The van der Waals surface area contributed by atoms with Crippen molar-refractivity contribution in [1.82, 2.24) is 5.32 Å². The third-order valence-electron chi connectivity index (χ3n) is 2.35. The van der Waals surface area contributed by atoms with Gasteiger partial charge in [0.05, 0.1) is 6.61 Å². The summed E-state index contributed by atoms with van der Waals surface area (Å²) in [6, 6.07) is 8.07. The van der Waals surface area contributed by atoms with Crippen LogP contribution in [0.25, 0.3) is 0 Å². The number of hydrogen-bond donors (Lipinski definition) is 2. The van der Waals surface area contributed by atoms with Gasteiger partial charge in [0, 0.05) is 18.7 Å². The Bertz CT molecular complexity index is 289. The maximum atomic E-state index is 8.67. The van der Waals surface area contributed by atoms with Crippen LogP contribution < -0.4 is 10.1 Å². The first-order valence-electron chi connectivity index (χ1n) is 5.90. The van der Waals surface area contributed by atoms with E-state index in [4.69, 9.17) is 9.84 Å². The number of nitrogens with one attached hydrogen (secondary N) is 1. The van der Waals surface area contributed by atoms with Gasteiger partial charge in [0.15, 0.2) is 0 Å². The molecule has 0 fully saturated rings. The highest BCUT2D eigenvalue weighted by atomic mass is 16.5. The third kappa shape index (κ3) is 4.64. The summed E-state index contributed by atoms with van der Waals surface area (Å²) in [6.07, 6.45) is 1.70. The Morgan fingerprint density at radius 2 is 2.06 bits per heavy atom. The van der Waals surface area contributed by atoms with Crippen LogP contribution in [0.1, 0.15) is 25.3 Å². The van der Waals surface area contributed by atoms with Crippen molar-refractivity contribution in [3.63, 3.8) is 0 Å². The van der Waals surface area contributed by atoms with E-state index in [2.05, 4.69) is 18.3 Å². The third-order valence-corrected chi connectivity index (χ3v) is 2.35. The number of benzene rings is 1. The lowest BCUT2D eigenvalue weighted by atomic mass is 10.2. The summed E-state index contributed by atoms with van der Waals surface area (Å²) in [4.78, 5) is 0. The van der Waals surface area contributed by atoms with Crippen LogP contribution in [-0.4, -0.2) is 24.9 Å². The maximum absolute atomic E-state index is 8.67. The smallest absolute Gasteiger partial charge is 0.123 e. The highest BCUT2D eigenvalue weighted by Crippen LogP contribution is 2.17. The molecule has 3 heteroatoms. The van der Waals surface area contributed by atoms with Gasteiger partial charge < -0.3 is 15.2 Å². The van der Waals surface area contributed by atoms with Crippen molar-refractivity contribution < 1.29 is 9.84 Å². The zero-order chi connectivity index (χ0) is 11.6. The molecule has 1 rings (SSSR count). The molecule has 1 aromatic carbocycles. The van der Waals surface area contributed by atoms with Crippen molar-refractivity contribution in [1.29, 1.82) is 0 Å². The molecule has 2 N–H and O–H groups in total. The largest absolute Gasteiger partial charge is 0.493 e. The van der Waals surface area contributed by atoms with Gasteiger partial charge in [0.2, 0.25) is 0 Å². The summed E-state index contributed by atoms with van der Waals surface area (Å²) in [5.74, 6) is 0.946. The monoisotopic (exact) mass is 223 g/mol. The molecule has 0 atom stereocenters. The summed E-state index contributed by atoms with van der Waals surface area (Å²) in [5.41, 5.74) is 1.19. The van der Waals surface area contributed by atoms with Gasteiger partial charge in [-0.1, -0.05) is 25.1 Å². The molecule has 0 amide bonds. The van der Waals surface area contributed by atoms with Crippen LogP contribution >= 0.6 is 0 Å². The van der Waals surface area contributed by atoms with Crippen LogP contribution in [-0.2, 0) is 6.54 Å². The molecule has 0 heterocycles. The fraction of sp³-hybridized carbons (Fsp3) is 0.538. The fourth-order valence-electron chi connectivity index (χ4n) is 1.45. The second-order valence-corrected chi connectivity index (χ2v) is 3.67. The molecule has 0 radical (unpaired) electrons. The highest BCUT2D eigenvalue weighted by molar-refractivity contribution is 5.33. The standard InChI is InChI=1S/C13H21NO2/c1-2-14-11-12-7-3-4-8-13(12)16-10-6-5-9-15/h3-4,7-8,14-15H,2,5-6,9-11H2,1H3. The highest BCUT2D eigenvalue weighted by Gasteiger charge is 2.01. The average molecular weight is 223 g/mol. The zero-order valence-corrected chi connectivity index (χ0v) is 9.91. The summed E-state index contributed by atoms with van der Waals surface area (Å²) < 4.78 is 5.69. The molecule has 90 valence electrons. The summed E-state index contributed by atoms with van der Waals surface area (Å²) in [6.45, 7) is 4.79. The number of hydrogen-bond acceptors (Lipinski definition) is 3. The van der Waals surface area contributed by atoms with Gasteiger partial charge in [0.25, 0.3) is 0 Å². The van der Waals surface area contributed by atoms with Crippen LogP contribution in [0.2, 0.25) is 0 Å². The van der Waals surface area contributed by atoms with Gasteiger partial charge >= 0.3 is 0 Å². The minimum absolute atomic E-state index is 0.238. The lowest BCUT2D eigenvalue weighted by Gasteiger charge is -2.11. The van der Waals surface area contributed by atoms with Gasteiger partial charge in [-0.15, -0.1) is 0 Å². The summed E-state index contributed by atoms with van der Waals surface area (Å²) in [7, 11) is 0. The summed E-state index contributed by atoms with van der Waals surface area (Å²) in [5, 5.41) is 12.0. The Labute approximate surface area is 97.4 Å². The average Bonchev–Trinajstić information content (AvgIpc) is 2.33. The van der Waals surface area contributed by atoms with Crippen LogP contribution in [0.3, 0.4) is 0 Å². The van der Waals surface area contributed by atoms with Gasteiger partial charge in [-0.3, -0.25) is 0 Å². The Hall–Kier alpha value is -1.06. The van der Waals surface area contributed by atoms with Crippen LogP contribution in [0, 0.1) is 0 Å². The molecule has 0 unspecified atom stereocenters. The normalized spacial score (nSPS) is 10.4. The number of para-hydroxylation sites is 1. The Morgan fingerprint density at radius 1 is 1.25 bits per heavy atom. The fourth-order valence-corrected chi connectivity index (χ4v) is 1.45. The number of aliphatic hydroxyl groups is 1. The van der Waals surface area contributed by atoms with Crippen molar-refractivity contribution in [2.45, 2.75) is 26.3 Å². The topological polar surface area (TPSA) is 41.5 Å². The molecule has 1 aromatic rings. The first-order chi connectivity index (χ1) is 7.88. The molecular formula is C13H21NO2. The predicted octanol–water partition coefficient (Wildman–Crippen LogP) is 1.95. The lowest BCUT2D eigenvalue weighted by molar-refractivity contribution is 0.252. The van der Waals surface area contributed by atoms with Crippen molar-refractivity contribution in [3.05, 3.63) is 29.8 Å². The molecule has 0 aliphatic heterocycles. The van der Waals surface area contributed by atoms with Gasteiger partial charge in [-0.2, -0.15) is 0 Å². The Morgan fingerprint density at radius 3 is 2.81 bits per heavy atom. The van der Waals surface area contributed by atoms with Crippen LogP contribution in [0.5, 0.6) is 5.75 Å². The lowest BCUT2D eigenvalue weighted by Crippen LogP contribution is -2.13. The zero-order valence-electron chi connectivity index (χ0n) is 9.91. The van der Waals surface area contributed by atoms with Gasteiger partial charge in [0.1, 0.15) is 5.75 Å². The maximum Gasteiger partial charge on any atom is 0.123 e. The first kappa shape index (κ1) is 13.0. The molecule has 0 saturated carbocycles. The molecular weight excluding hydrogens is 202 g/mol. The minimum Gasteiger partial charge on any atom is -0.493 e. The van der Waals surface area contributed by atoms with E-state index >= 15 is 0 Å². The van der Waals surface area contributed by atoms with E-state index in [0.717, 1.165) is 31.7 Å². The molecule has 0 saturated heterocycles. The van der Waals surface area contributed by atoms with Crippen LogP contribution in [0.15, 0.2) is 24.3 Å². The van der Waals surface area contributed by atoms with E-state index in [1.165, 1.54) is 5.56 Å². The van der Waals surface area contributed by atoms with E-state index in [-0.39, 0.29) is 6.61 Å². The molecule has 0 aromatic heterocycles. The minimum atomic E-state index is 0.238. The van der Waals surface area contributed by atoms with Crippen molar-refractivity contribution in [2.24, 2.45) is 0 Å². The summed E-state index contributed by atoms with van der Waals surface area (Å²) >= 11 is 0. The predicted molar refractivity (Wildman–Crippen MR) is 65.6 cm³/mol. The van der Waals surface area contributed by atoms with E-state index in [9.17, 15) is 0 Å². The SMILES string of the molecule is CCNCc1ccccc1OCCCCO. The van der Waals surface area contributed by atoms with E-state index < -0.39 is 0 Å². The van der Waals surface area contributed by atoms with Gasteiger partial charge in [-0.25, -0.2) is 0 Å². The van der Waals surface area contributed by atoms with Crippen molar-refractivity contribution in [2.75, 3.05) is 19.8 Å². The molecule has 0 aliphatic rings. The molecule has 3 nitrogen and oxygen atoms in total. The van der Waals surface area contributed by atoms with E-state index in [1.807, 2.05) is 18.2 Å². The number of rotatable bonds is 8. The molecule has 0 bridgehead atoms. The molecule has 0 spiro atoms. The molecule has 0 aliphatic carbocycles. The first-order valence-corrected chi connectivity index (χ1v) is 5.90. The Kier molecular flexibility index (Phi) is 6.61.